The van der Waals surface area contributed by atoms with Crippen molar-refractivity contribution < 1.29 is 14.3 Å². The van der Waals surface area contributed by atoms with Gasteiger partial charge < -0.3 is 5.11 Å². The number of hydrogen-bond donors (Lipinski definition) is 1. The molecule has 1 N–H and O–H groups in total. The second-order valence-corrected chi connectivity index (χ2v) is 4.99. The van der Waals surface area contributed by atoms with Crippen LogP contribution in [0.15, 0.2) is 17.6 Å². The van der Waals surface area contributed by atoms with Gasteiger partial charge in [-0.15, -0.1) is 0 Å². The van der Waals surface area contributed by atoms with Crippen molar-refractivity contribution in [3.8, 4) is 0 Å². The summed E-state index contributed by atoms with van der Waals surface area (Å²) in [6, 6.07) is 0. The molecule has 0 saturated heterocycles. The first-order valence-electron chi connectivity index (χ1n) is 4.92. The zero-order valence-corrected chi connectivity index (χ0v) is 9.34. The number of halogens is 1. The lowest BCUT2D eigenvalue weighted by Crippen LogP contribution is -2.11. The van der Waals surface area contributed by atoms with Crippen molar-refractivity contribution in [2.75, 3.05) is 5.75 Å². The minimum Gasteiger partial charge on any atom is -0.481 e. The summed E-state index contributed by atoms with van der Waals surface area (Å²) in [5, 5.41) is 9.23. The van der Waals surface area contributed by atoms with Crippen LogP contribution in [-0.2, 0) is 4.79 Å². The maximum absolute atomic E-state index is 12.5. The van der Waals surface area contributed by atoms with Gasteiger partial charge in [0.25, 0.3) is 0 Å². The smallest absolute Gasteiger partial charge is 0.303 e. The zero-order valence-electron chi connectivity index (χ0n) is 8.52. The molecular formula is C10H11FN2O2S. The van der Waals surface area contributed by atoms with Crippen molar-refractivity contribution >= 4 is 17.7 Å². The molecule has 0 aliphatic heterocycles. The monoisotopic (exact) mass is 242 g/mol. The second-order valence-electron chi connectivity index (χ2n) is 4.04. The van der Waals surface area contributed by atoms with Crippen LogP contribution in [0.4, 0.5) is 4.39 Å². The Kier molecular flexibility index (Phi) is 3.09. The zero-order chi connectivity index (χ0) is 11.6. The van der Waals surface area contributed by atoms with Gasteiger partial charge in [-0.25, -0.2) is 14.4 Å². The quantitative estimate of drug-likeness (QED) is 0.631. The molecule has 4 nitrogen and oxygen atoms in total. The molecule has 0 spiro atoms. The van der Waals surface area contributed by atoms with Gasteiger partial charge in [0.05, 0.1) is 18.8 Å². The summed E-state index contributed by atoms with van der Waals surface area (Å²) in [7, 11) is 0. The molecule has 1 aromatic rings. The number of carboxylic acids is 1. The number of carboxylic acid groups (broad SMARTS) is 1. The molecule has 1 aliphatic carbocycles. The van der Waals surface area contributed by atoms with E-state index in [1.165, 1.54) is 11.8 Å². The fourth-order valence-electron chi connectivity index (χ4n) is 1.46. The average Bonchev–Trinajstić information content (AvgIpc) is 2.97. The molecule has 86 valence electrons. The number of hydrogen-bond acceptors (Lipinski definition) is 4. The Hall–Kier alpha value is -1.17. The Bertz CT molecular complexity index is 392. The van der Waals surface area contributed by atoms with E-state index in [9.17, 15) is 9.18 Å². The van der Waals surface area contributed by atoms with Gasteiger partial charge in [-0.05, 0) is 18.3 Å². The Morgan fingerprint density at radius 2 is 2.12 bits per heavy atom. The first-order valence-corrected chi connectivity index (χ1v) is 5.90. The van der Waals surface area contributed by atoms with Crippen LogP contribution in [-0.4, -0.2) is 26.8 Å². The fraction of sp³-hybridized carbons (Fsp3) is 0.500. The minimum absolute atomic E-state index is 0.0890. The summed E-state index contributed by atoms with van der Waals surface area (Å²) in [5.41, 5.74) is -0.0890. The molecule has 0 amide bonds. The Morgan fingerprint density at radius 1 is 1.50 bits per heavy atom. The van der Waals surface area contributed by atoms with E-state index in [0.717, 1.165) is 25.2 Å². The lowest BCUT2D eigenvalue weighted by atomic mass is 10.1. The van der Waals surface area contributed by atoms with E-state index in [1.807, 2.05) is 0 Å². The SMILES string of the molecule is O=C(O)CC1(CSc2ncc(F)cn2)CC1. The average molecular weight is 242 g/mol. The first kappa shape index (κ1) is 11.3. The number of thioether (sulfide) groups is 1. The normalized spacial score (nSPS) is 17.1. The Labute approximate surface area is 96.3 Å². The molecule has 1 saturated carbocycles. The van der Waals surface area contributed by atoms with Gasteiger partial charge in [0, 0.05) is 5.75 Å². The van der Waals surface area contributed by atoms with Gasteiger partial charge in [-0.2, -0.15) is 0 Å². The highest BCUT2D eigenvalue weighted by Gasteiger charge is 2.44. The molecule has 1 heterocycles. The Balaban J connectivity index is 1.87. The maximum Gasteiger partial charge on any atom is 0.303 e. The van der Waals surface area contributed by atoms with Crippen LogP contribution < -0.4 is 0 Å². The van der Waals surface area contributed by atoms with Crippen LogP contribution >= 0.6 is 11.8 Å². The topological polar surface area (TPSA) is 63.1 Å². The summed E-state index contributed by atoms with van der Waals surface area (Å²) in [6.07, 6.45) is 4.31. The van der Waals surface area contributed by atoms with Crippen molar-refractivity contribution in [3.63, 3.8) is 0 Å². The molecule has 6 heteroatoms. The molecular weight excluding hydrogens is 231 g/mol. The largest absolute Gasteiger partial charge is 0.481 e. The predicted octanol–water partition coefficient (Wildman–Crippen LogP) is 1.96. The van der Waals surface area contributed by atoms with E-state index >= 15 is 0 Å². The molecule has 16 heavy (non-hydrogen) atoms. The number of nitrogens with zero attached hydrogens (tertiary/aromatic N) is 2. The third kappa shape index (κ3) is 2.91. The molecule has 0 unspecified atom stereocenters. The molecule has 1 aliphatic rings. The molecule has 1 aromatic heterocycles. The fourth-order valence-corrected chi connectivity index (χ4v) is 2.54. The van der Waals surface area contributed by atoms with E-state index in [4.69, 9.17) is 5.11 Å². The summed E-state index contributed by atoms with van der Waals surface area (Å²) in [4.78, 5) is 18.3. The first-order chi connectivity index (χ1) is 7.60. The highest BCUT2D eigenvalue weighted by molar-refractivity contribution is 7.99. The van der Waals surface area contributed by atoms with Crippen molar-refractivity contribution in [2.24, 2.45) is 5.41 Å². The van der Waals surface area contributed by atoms with Crippen molar-refractivity contribution in [1.29, 1.82) is 0 Å². The summed E-state index contributed by atoms with van der Waals surface area (Å²) < 4.78 is 12.5. The van der Waals surface area contributed by atoms with Crippen LogP contribution in [0.3, 0.4) is 0 Å². The Morgan fingerprint density at radius 3 is 2.62 bits per heavy atom. The number of aliphatic carboxylic acids is 1. The van der Waals surface area contributed by atoms with E-state index in [2.05, 4.69) is 9.97 Å². The van der Waals surface area contributed by atoms with Gasteiger partial charge in [0.2, 0.25) is 0 Å². The molecule has 0 radical (unpaired) electrons. The minimum atomic E-state index is -0.766. The van der Waals surface area contributed by atoms with Crippen LogP contribution in [0, 0.1) is 11.2 Å². The number of carbonyl (C=O) groups is 1. The third-order valence-electron chi connectivity index (χ3n) is 2.59. The summed E-state index contributed by atoms with van der Waals surface area (Å²) in [5.74, 6) is -0.542. The van der Waals surface area contributed by atoms with Crippen LogP contribution in [0.1, 0.15) is 19.3 Å². The highest BCUT2D eigenvalue weighted by Crippen LogP contribution is 2.51. The molecule has 0 atom stereocenters. The van der Waals surface area contributed by atoms with Crippen molar-refractivity contribution in [2.45, 2.75) is 24.4 Å². The van der Waals surface area contributed by atoms with Gasteiger partial charge in [-0.3, -0.25) is 4.79 Å². The van der Waals surface area contributed by atoms with Crippen molar-refractivity contribution in [3.05, 3.63) is 18.2 Å². The van der Waals surface area contributed by atoms with E-state index in [1.54, 1.807) is 0 Å². The number of rotatable bonds is 5. The lowest BCUT2D eigenvalue weighted by Gasteiger charge is -2.10. The van der Waals surface area contributed by atoms with Gasteiger partial charge in [0.1, 0.15) is 0 Å². The van der Waals surface area contributed by atoms with E-state index in [0.29, 0.717) is 10.9 Å². The predicted molar refractivity (Wildman–Crippen MR) is 56.6 cm³/mol. The summed E-state index contributed by atoms with van der Waals surface area (Å²) >= 11 is 1.39. The molecule has 0 aromatic carbocycles. The van der Waals surface area contributed by atoms with Crippen LogP contribution in [0.25, 0.3) is 0 Å². The van der Waals surface area contributed by atoms with Gasteiger partial charge in [0.15, 0.2) is 11.0 Å². The second kappa shape index (κ2) is 4.37. The lowest BCUT2D eigenvalue weighted by molar-refractivity contribution is -0.138. The van der Waals surface area contributed by atoms with Crippen molar-refractivity contribution in [1.82, 2.24) is 9.97 Å². The highest BCUT2D eigenvalue weighted by atomic mass is 32.2. The van der Waals surface area contributed by atoms with Gasteiger partial charge >= 0.3 is 5.97 Å². The van der Waals surface area contributed by atoms with Crippen LogP contribution in [0.5, 0.6) is 0 Å². The van der Waals surface area contributed by atoms with E-state index in [-0.39, 0.29) is 11.8 Å². The molecule has 1 fully saturated rings. The summed E-state index contributed by atoms with van der Waals surface area (Å²) in [6.45, 7) is 0. The van der Waals surface area contributed by atoms with Crippen LogP contribution in [0.2, 0.25) is 0 Å². The maximum atomic E-state index is 12.5. The number of aromatic nitrogens is 2. The van der Waals surface area contributed by atoms with Gasteiger partial charge in [-0.1, -0.05) is 11.8 Å². The van der Waals surface area contributed by atoms with E-state index < -0.39 is 11.8 Å². The molecule has 2 rings (SSSR count). The standard InChI is InChI=1S/C10H11FN2O2S/c11-7-4-12-9(13-5-7)16-6-10(1-2-10)3-8(14)15/h4-5H,1-3,6H2,(H,14,15). The third-order valence-corrected chi connectivity index (χ3v) is 3.81. The molecule has 0 bridgehead atoms.